The Hall–Kier alpha value is -2.39. The van der Waals surface area contributed by atoms with Crippen molar-refractivity contribution in [2.45, 2.75) is 0 Å². The minimum Gasteiger partial charge on any atom is -0.508 e. The number of aromatic nitrogens is 2. The van der Waals surface area contributed by atoms with Crippen LogP contribution in [0, 0.1) is 0 Å². The third-order valence-electron chi connectivity index (χ3n) is 3.62. The van der Waals surface area contributed by atoms with Crippen LogP contribution < -0.4 is 5.32 Å². The molecule has 0 unspecified atom stereocenters. The molecule has 10 heteroatoms. The summed E-state index contributed by atoms with van der Waals surface area (Å²) in [6.45, 7) is 0. The van der Waals surface area contributed by atoms with Crippen LogP contribution in [-0.2, 0) is 4.79 Å². The molecule has 2 aromatic carbocycles. The molecule has 1 fully saturated rings. The van der Waals surface area contributed by atoms with Gasteiger partial charge in [-0.2, -0.15) is 4.99 Å². The number of thioether (sulfide) groups is 1. The van der Waals surface area contributed by atoms with E-state index in [0.717, 1.165) is 11.1 Å². The molecule has 3 aromatic rings. The molecule has 0 saturated carbocycles. The van der Waals surface area contributed by atoms with Gasteiger partial charge in [-0.25, -0.2) is 0 Å². The highest BCUT2D eigenvalue weighted by atomic mass is 35.5. The van der Waals surface area contributed by atoms with Crippen molar-refractivity contribution in [1.29, 1.82) is 0 Å². The molecule has 0 aliphatic carbocycles. The fraction of sp³-hybridized carbons (Fsp3) is 0. The fourth-order valence-corrected chi connectivity index (χ4v) is 4.22. The fourth-order valence-electron chi connectivity index (χ4n) is 2.30. The van der Waals surface area contributed by atoms with Gasteiger partial charge in [0, 0.05) is 5.56 Å². The Kier molecular flexibility index (Phi) is 5.36. The van der Waals surface area contributed by atoms with Crippen molar-refractivity contribution >= 4 is 68.6 Å². The molecule has 0 spiro atoms. The van der Waals surface area contributed by atoms with E-state index in [2.05, 4.69) is 20.5 Å². The highest BCUT2D eigenvalue weighted by Crippen LogP contribution is 2.33. The number of amides is 1. The van der Waals surface area contributed by atoms with Crippen molar-refractivity contribution in [2.24, 2.45) is 4.99 Å². The predicted molar refractivity (Wildman–Crippen MR) is 114 cm³/mol. The Morgan fingerprint density at radius 3 is 2.61 bits per heavy atom. The van der Waals surface area contributed by atoms with E-state index in [-0.39, 0.29) is 11.7 Å². The van der Waals surface area contributed by atoms with Gasteiger partial charge in [-0.15, -0.1) is 10.2 Å². The highest BCUT2D eigenvalue weighted by Gasteiger charge is 2.24. The molecule has 1 aromatic heterocycles. The van der Waals surface area contributed by atoms with Gasteiger partial charge in [-0.1, -0.05) is 40.6 Å². The summed E-state index contributed by atoms with van der Waals surface area (Å²) in [5.41, 5.74) is 1.59. The smallest absolute Gasteiger partial charge is 0.264 e. The number of phenolic OH excluding ortho intramolecular Hbond substituents is 1. The summed E-state index contributed by atoms with van der Waals surface area (Å²) in [6.07, 6.45) is 1.71. The first-order valence-electron chi connectivity index (χ1n) is 7.85. The average molecular weight is 449 g/mol. The number of nitrogens with one attached hydrogen (secondary N) is 1. The van der Waals surface area contributed by atoms with Gasteiger partial charge in [-0.3, -0.25) is 4.79 Å². The van der Waals surface area contributed by atoms with Gasteiger partial charge < -0.3 is 10.4 Å². The van der Waals surface area contributed by atoms with Crippen LogP contribution in [-0.4, -0.2) is 26.4 Å². The molecule has 0 bridgehead atoms. The topological polar surface area (TPSA) is 87.5 Å². The van der Waals surface area contributed by atoms with Gasteiger partial charge >= 0.3 is 0 Å². The Bertz CT molecular complexity index is 1130. The molecule has 6 nitrogen and oxygen atoms in total. The summed E-state index contributed by atoms with van der Waals surface area (Å²) in [6, 6.07) is 11.8. The number of aliphatic imine (C=N–C) groups is 1. The number of hydrogen-bond acceptors (Lipinski definition) is 7. The molecule has 1 aliphatic heterocycles. The largest absolute Gasteiger partial charge is 0.508 e. The number of phenols is 1. The van der Waals surface area contributed by atoms with E-state index in [1.165, 1.54) is 23.1 Å². The maximum absolute atomic E-state index is 12.2. The Balaban J connectivity index is 1.53. The molecular weight excluding hydrogens is 439 g/mol. The van der Waals surface area contributed by atoms with E-state index in [1.54, 1.807) is 48.5 Å². The van der Waals surface area contributed by atoms with Crippen LogP contribution >= 0.6 is 46.3 Å². The van der Waals surface area contributed by atoms with Crippen molar-refractivity contribution in [1.82, 2.24) is 15.5 Å². The van der Waals surface area contributed by atoms with E-state index in [9.17, 15) is 9.90 Å². The first kappa shape index (κ1) is 18.9. The molecule has 1 saturated heterocycles. The van der Waals surface area contributed by atoms with Gasteiger partial charge in [0.05, 0.1) is 15.0 Å². The van der Waals surface area contributed by atoms with Crippen molar-refractivity contribution < 1.29 is 9.90 Å². The molecule has 0 atom stereocenters. The zero-order chi connectivity index (χ0) is 19.7. The number of halogens is 2. The van der Waals surface area contributed by atoms with E-state index >= 15 is 0 Å². The molecule has 28 heavy (non-hydrogen) atoms. The Morgan fingerprint density at radius 1 is 1.07 bits per heavy atom. The SMILES string of the molecule is O=C1NC(=Nc2nnc(-c3ccc(O)cc3)s2)S/C1=C\c1ccc(Cl)c(Cl)c1. The first-order valence-corrected chi connectivity index (χ1v) is 10.2. The van der Waals surface area contributed by atoms with Crippen LogP contribution in [0.15, 0.2) is 52.4 Å². The van der Waals surface area contributed by atoms with Crippen LogP contribution in [0.25, 0.3) is 16.6 Å². The third kappa shape index (κ3) is 4.20. The number of benzene rings is 2. The second-order valence-electron chi connectivity index (χ2n) is 5.59. The maximum Gasteiger partial charge on any atom is 0.264 e. The summed E-state index contributed by atoms with van der Waals surface area (Å²) in [5.74, 6) is -0.0711. The molecule has 1 aliphatic rings. The lowest BCUT2D eigenvalue weighted by molar-refractivity contribution is -0.115. The molecule has 2 N–H and O–H groups in total. The normalized spacial score (nSPS) is 16.7. The van der Waals surface area contributed by atoms with Crippen molar-refractivity contribution in [3.63, 3.8) is 0 Å². The lowest BCUT2D eigenvalue weighted by Crippen LogP contribution is -2.19. The average Bonchev–Trinajstić information content (AvgIpc) is 3.26. The molecule has 4 rings (SSSR count). The summed E-state index contributed by atoms with van der Waals surface area (Å²) < 4.78 is 0. The van der Waals surface area contributed by atoms with Gasteiger partial charge in [0.15, 0.2) is 5.17 Å². The van der Waals surface area contributed by atoms with Gasteiger partial charge in [-0.05, 0) is 59.8 Å². The number of rotatable bonds is 3. The van der Waals surface area contributed by atoms with Crippen LogP contribution in [0.1, 0.15) is 5.56 Å². The highest BCUT2D eigenvalue weighted by molar-refractivity contribution is 8.18. The monoisotopic (exact) mass is 448 g/mol. The second kappa shape index (κ2) is 7.92. The first-order chi connectivity index (χ1) is 13.5. The molecular formula is C18H10Cl2N4O2S2. The van der Waals surface area contributed by atoms with Gasteiger partial charge in [0.2, 0.25) is 5.13 Å². The van der Waals surface area contributed by atoms with Gasteiger partial charge in [0.1, 0.15) is 10.8 Å². The number of carbonyl (C=O) groups excluding carboxylic acids is 1. The minimum atomic E-state index is -0.252. The molecule has 1 amide bonds. The lowest BCUT2D eigenvalue weighted by Gasteiger charge is -1.98. The number of nitrogens with zero attached hydrogens (tertiary/aromatic N) is 3. The number of hydrogen-bond donors (Lipinski definition) is 2. The van der Waals surface area contributed by atoms with E-state index < -0.39 is 0 Å². The Labute approximate surface area is 177 Å². The van der Waals surface area contributed by atoms with Crippen LogP contribution in [0.3, 0.4) is 0 Å². The van der Waals surface area contributed by atoms with E-state index in [0.29, 0.717) is 30.3 Å². The van der Waals surface area contributed by atoms with Crippen LogP contribution in [0.4, 0.5) is 5.13 Å². The van der Waals surface area contributed by atoms with Crippen molar-refractivity contribution in [2.75, 3.05) is 0 Å². The zero-order valence-corrected chi connectivity index (χ0v) is 17.0. The summed E-state index contributed by atoms with van der Waals surface area (Å²) in [4.78, 5) is 17.0. The summed E-state index contributed by atoms with van der Waals surface area (Å²) in [7, 11) is 0. The predicted octanol–water partition coefficient (Wildman–Crippen LogP) is 5.11. The number of aromatic hydroxyl groups is 1. The minimum absolute atomic E-state index is 0.181. The van der Waals surface area contributed by atoms with E-state index in [4.69, 9.17) is 23.2 Å². The van der Waals surface area contributed by atoms with Gasteiger partial charge in [0.25, 0.3) is 5.91 Å². The zero-order valence-electron chi connectivity index (χ0n) is 13.9. The summed E-state index contributed by atoms with van der Waals surface area (Å²) in [5, 5.41) is 22.6. The van der Waals surface area contributed by atoms with Crippen molar-refractivity contribution in [3.05, 3.63) is 63.0 Å². The maximum atomic E-state index is 12.2. The van der Waals surface area contributed by atoms with Crippen LogP contribution in [0.5, 0.6) is 5.75 Å². The molecule has 0 radical (unpaired) electrons. The molecule has 2 heterocycles. The Morgan fingerprint density at radius 2 is 1.86 bits per heavy atom. The number of amidine groups is 1. The molecule has 140 valence electrons. The van der Waals surface area contributed by atoms with Crippen LogP contribution in [0.2, 0.25) is 10.0 Å². The summed E-state index contributed by atoms with van der Waals surface area (Å²) >= 11 is 14.4. The van der Waals surface area contributed by atoms with Crippen molar-refractivity contribution in [3.8, 4) is 16.3 Å². The van der Waals surface area contributed by atoms with E-state index in [1.807, 2.05) is 0 Å². The standard InChI is InChI=1S/C18H10Cl2N4O2S2/c19-12-6-1-9(7-13(12)20)8-14-15(26)21-17(27-14)22-18-24-23-16(28-18)10-2-4-11(25)5-3-10/h1-8,25H,(H,21,22,24,26)/b14-8-. The lowest BCUT2D eigenvalue weighted by atomic mass is 10.2. The third-order valence-corrected chi connectivity index (χ3v) is 6.13. The second-order valence-corrected chi connectivity index (χ2v) is 8.39. The number of carbonyl (C=O) groups is 1. The quantitative estimate of drug-likeness (QED) is 0.543.